The number of hydrogen-bond acceptors (Lipinski definition) is 0. The van der Waals surface area contributed by atoms with Crippen molar-refractivity contribution in [2.75, 3.05) is 6.16 Å². The molecule has 0 unspecified atom stereocenters. The van der Waals surface area contributed by atoms with Crippen LogP contribution in [0, 0.1) is 0 Å². The summed E-state index contributed by atoms with van der Waals surface area (Å²) in [6, 6.07) is 0. The summed E-state index contributed by atoms with van der Waals surface area (Å²) in [6.45, 7) is 13.8. The van der Waals surface area contributed by atoms with Crippen LogP contribution in [0.1, 0.15) is 41.5 Å². The van der Waals surface area contributed by atoms with Crippen LogP contribution in [0.4, 0.5) is 0 Å². The molecule has 0 aromatic heterocycles. The molecule has 0 spiro atoms. The van der Waals surface area contributed by atoms with Crippen molar-refractivity contribution >= 4 is 27.0 Å². The molecule has 0 radical (unpaired) electrons. The molecule has 0 amide bonds. The molecular weight excluding hydrogens is 340 g/mol. The first-order valence-electron chi connectivity index (χ1n) is 5.08. The fraction of sp³-hybridized carbons (Fsp3) is 0.818. The first kappa shape index (κ1) is 18.8. The van der Waals surface area contributed by atoms with Gasteiger partial charge in [0.15, 0.2) is 0 Å². The summed E-state index contributed by atoms with van der Waals surface area (Å²) in [5.41, 5.74) is 3.20. The molecule has 0 saturated carbocycles. The average molecular weight is 364 g/mol. The molecule has 0 aromatic rings. The van der Waals surface area contributed by atoms with Crippen molar-refractivity contribution < 1.29 is 15.9 Å². The number of allylic oxidation sites excluding steroid dienone is 2. The fourth-order valence-electron chi connectivity index (χ4n) is 1.31. The van der Waals surface area contributed by atoms with Crippen molar-refractivity contribution in [1.29, 1.82) is 0 Å². The van der Waals surface area contributed by atoms with Gasteiger partial charge in [-0.3, -0.25) is 0 Å². The molecule has 15 heavy (non-hydrogen) atoms. The van der Waals surface area contributed by atoms with Gasteiger partial charge in [-0.1, -0.05) is 47.3 Å². The minimum atomic E-state index is -0.106. The topological polar surface area (TPSA) is 0 Å². The van der Waals surface area contributed by atoms with Crippen molar-refractivity contribution in [2.24, 2.45) is 0 Å². The standard InChI is InChI=1S/C11H23P.2ClH.Pd/c1-9(2)7-8-12(10(3)4)11(5)6;;;/h7,10-11H,8H2,1-6H3;2*1H;/q;;;+2/p-2. The molecule has 0 aliphatic rings. The van der Waals surface area contributed by atoms with E-state index in [1.165, 1.54) is 11.7 Å². The van der Waals surface area contributed by atoms with Crippen molar-refractivity contribution in [3.8, 4) is 0 Å². The SMILES string of the molecule is CC(C)=CCP(C(C)C)C(C)C.[Cl][Pd][Cl]. The maximum absolute atomic E-state index is 4.81. The molecule has 0 N–H and O–H groups in total. The number of halogens is 2. The van der Waals surface area contributed by atoms with E-state index in [0.717, 1.165) is 11.3 Å². The molecule has 0 heterocycles. The third kappa shape index (κ3) is 13.3. The van der Waals surface area contributed by atoms with Gasteiger partial charge in [-0.05, 0) is 31.3 Å². The normalized spacial score (nSPS) is 10.6. The van der Waals surface area contributed by atoms with Gasteiger partial charge < -0.3 is 0 Å². The van der Waals surface area contributed by atoms with Crippen molar-refractivity contribution in [2.45, 2.75) is 52.9 Å². The van der Waals surface area contributed by atoms with Crippen LogP contribution >= 0.6 is 27.0 Å². The Balaban J connectivity index is 0. The Bertz CT molecular complexity index is 158. The van der Waals surface area contributed by atoms with E-state index < -0.39 is 0 Å². The van der Waals surface area contributed by atoms with Gasteiger partial charge in [0.2, 0.25) is 0 Å². The second kappa shape index (κ2) is 11.9. The van der Waals surface area contributed by atoms with Crippen molar-refractivity contribution in [3.63, 3.8) is 0 Å². The Kier molecular flexibility index (Phi) is 14.9. The molecule has 0 atom stereocenters. The van der Waals surface area contributed by atoms with Crippen LogP contribution in [0.15, 0.2) is 11.6 Å². The number of rotatable bonds is 4. The molecule has 0 fully saturated rings. The van der Waals surface area contributed by atoms with E-state index >= 15 is 0 Å². The van der Waals surface area contributed by atoms with Crippen LogP contribution in [0.2, 0.25) is 0 Å². The summed E-state index contributed by atoms with van der Waals surface area (Å²) in [6.07, 6.45) is 3.71. The summed E-state index contributed by atoms with van der Waals surface area (Å²) in [5, 5.41) is 0. The Labute approximate surface area is 113 Å². The van der Waals surface area contributed by atoms with Gasteiger partial charge in [0.25, 0.3) is 0 Å². The quantitative estimate of drug-likeness (QED) is 0.345. The predicted octanol–water partition coefficient (Wildman–Crippen LogP) is 5.63. The van der Waals surface area contributed by atoms with Crippen LogP contribution < -0.4 is 0 Å². The van der Waals surface area contributed by atoms with E-state index in [1.807, 2.05) is 0 Å². The van der Waals surface area contributed by atoms with E-state index in [9.17, 15) is 0 Å². The summed E-state index contributed by atoms with van der Waals surface area (Å²) < 4.78 is 0. The molecule has 0 aliphatic carbocycles. The first-order chi connectivity index (χ1) is 6.86. The summed E-state index contributed by atoms with van der Waals surface area (Å²) in [7, 11) is 9.84. The molecule has 4 heteroatoms. The second-order valence-electron chi connectivity index (χ2n) is 4.21. The van der Waals surface area contributed by atoms with E-state index in [4.69, 9.17) is 19.1 Å². The van der Waals surface area contributed by atoms with E-state index in [0.29, 0.717) is 0 Å². The van der Waals surface area contributed by atoms with E-state index in [1.54, 1.807) is 0 Å². The van der Waals surface area contributed by atoms with Gasteiger partial charge in [0, 0.05) is 0 Å². The Morgan fingerprint density at radius 2 is 1.47 bits per heavy atom. The molecule has 0 bridgehead atoms. The van der Waals surface area contributed by atoms with Crippen LogP contribution in [-0.4, -0.2) is 17.5 Å². The Morgan fingerprint density at radius 3 is 1.67 bits per heavy atom. The average Bonchev–Trinajstić information content (AvgIpc) is 2.03. The molecule has 0 rings (SSSR count). The molecule has 0 aliphatic heterocycles. The Morgan fingerprint density at radius 1 is 1.13 bits per heavy atom. The summed E-state index contributed by atoms with van der Waals surface area (Å²) >= 11 is -0.106. The van der Waals surface area contributed by atoms with Crippen LogP contribution in [-0.2, 0) is 15.9 Å². The van der Waals surface area contributed by atoms with Gasteiger partial charge >= 0.3 is 35.0 Å². The zero-order valence-electron chi connectivity index (χ0n) is 10.5. The predicted molar refractivity (Wildman–Crippen MR) is 73.2 cm³/mol. The van der Waals surface area contributed by atoms with Gasteiger partial charge in [0.1, 0.15) is 0 Å². The summed E-state index contributed by atoms with van der Waals surface area (Å²) in [4.78, 5) is 0. The van der Waals surface area contributed by atoms with Gasteiger partial charge in [-0.25, -0.2) is 0 Å². The Hall–Kier alpha value is 1.41. The van der Waals surface area contributed by atoms with E-state index in [-0.39, 0.29) is 23.9 Å². The fourth-order valence-corrected chi connectivity index (χ4v) is 3.92. The molecular formula is C11H23Cl2PPd. The second-order valence-corrected chi connectivity index (χ2v) is 10.0. The number of hydrogen-bond donors (Lipinski definition) is 0. The third-order valence-corrected chi connectivity index (χ3v) is 5.29. The first-order valence-corrected chi connectivity index (χ1v) is 10.7. The van der Waals surface area contributed by atoms with Gasteiger partial charge in [-0.2, -0.15) is 0 Å². The van der Waals surface area contributed by atoms with Crippen LogP contribution in [0.5, 0.6) is 0 Å². The van der Waals surface area contributed by atoms with Gasteiger partial charge in [-0.15, -0.1) is 0 Å². The minimum absolute atomic E-state index is 0.106. The van der Waals surface area contributed by atoms with Crippen molar-refractivity contribution in [3.05, 3.63) is 11.6 Å². The molecule has 0 nitrogen and oxygen atoms in total. The molecule has 96 valence electrons. The molecule has 0 saturated heterocycles. The van der Waals surface area contributed by atoms with Crippen LogP contribution in [0.25, 0.3) is 0 Å². The third-order valence-electron chi connectivity index (χ3n) is 2.04. The van der Waals surface area contributed by atoms with Crippen molar-refractivity contribution in [1.82, 2.24) is 0 Å². The van der Waals surface area contributed by atoms with Crippen LogP contribution in [0.3, 0.4) is 0 Å². The monoisotopic (exact) mass is 362 g/mol. The van der Waals surface area contributed by atoms with E-state index in [2.05, 4.69) is 47.6 Å². The summed E-state index contributed by atoms with van der Waals surface area (Å²) in [5.74, 6) is 0. The van der Waals surface area contributed by atoms with Gasteiger partial charge in [0.05, 0.1) is 0 Å². The zero-order chi connectivity index (χ0) is 12.4. The molecule has 0 aromatic carbocycles. The zero-order valence-corrected chi connectivity index (χ0v) is 14.4. The maximum atomic E-state index is 4.81.